The maximum absolute atomic E-state index is 5.96. The number of aromatic nitrogens is 1. The fraction of sp³-hybridized carbons (Fsp3) is 0.182. The van der Waals surface area contributed by atoms with E-state index >= 15 is 0 Å². The molecule has 1 aromatic carbocycles. The average molecular weight is 267 g/mol. The van der Waals surface area contributed by atoms with Crippen LogP contribution in [0.2, 0.25) is 0 Å². The molecule has 4 heteroatoms. The maximum Gasteiger partial charge on any atom is 0.130 e. The molecule has 0 unspecified atom stereocenters. The molecule has 1 heterocycles. The number of nitrogens with zero attached hydrogens (tertiary/aromatic N) is 1. The molecule has 0 aliphatic heterocycles. The zero-order valence-corrected chi connectivity index (χ0v) is 10.1. The number of halogens is 1. The lowest BCUT2D eigenvalue weighted by molar-refractivity contribution is 0.420. The summed E-state index contributed by atoms with van der Waals surface area (Å²) < 4.78 is 6.19. The van der Waals surface area contributed by atoms with E-state index in [9.17, 15) is 0 Å². The van der Waals surface area contributed by atoms with Crippen molar-refractivity contribution < 1.29 is 4.74 Å². The SMILES string of the molecule is COc1ccc(Br)c2nc(C)cc(N)c12. The Morgan fingerprint density at radius 3 is 2.80 bits per heavy atom. The minimum absolute atomic E-state index is 0.690. The number of benzene rings is 1. The summed E-state index contributed by atoms with van der Waals surface area (Å²) in [5.74, 6) is 0.748. The monoisotopic (exact) mass is 266 g/mol. The minimum atomic E-state index is 0.690. The average Bonchev–Trinajstić information content (AvgIpc) is 2.19. The highest BCUT2D eigenvalue weighted by atomic mass is 79.9. The molecule has 1 aromatic heterocycles. The van der Waals surface area contributed by atoms with Crippen molar-refractivity contribution in [3.05, 3.63) is 28.4 Å². The molecule has 2 aromatic rings. The van der Waals surface area contributed by atoms with Crippen molar-refractivity contribution in [3.63, 3.8) is 0 Å². The van der Waals surface area contributed by atoms with Crippen molar-refractivity contribution in [2.45, 2.75) is 6.92 Å². The number of fused-ring (bicyclic) bond motifs is 1. The van der Waals surface area contributed by atoms with Crippen molar-refractivity contribution in [1.29, 1.82) is 0 Å². The van der Waals surface area contributed by atoms with Crippen molar-refractivity contribution in [3.8, 4) is 5.75 Å². The molecule has 0 bridgehead atoms. The fourth-order valence-corrected chi connectivity index (χ4v) is 2.03. The van der Waals surface area contributed by atoms with E-state index in [-0.39, 0.29) is 0 Å². The van der Waals surface area contributed by atoms with Crippen molar-refractivity contribution >= 4 is 32.5 Å². The highest BCUT2D eigenvalue weighted by Gasteiger charge is 2.09. The number of rotatable bonds is 1. The highest BCUT2D eigenvalue weighted by Crippen LogP contribution is 2.34. The van der Waals surface area contributed by atoms with Gasteiger partial charge in [-0.1, -0.05) is 0 Å². The number of pyridine rings is 1. The summed E-state index contributed by atoms with van der Waals surface area (Å²) in [6, 6.07) is 5.63. The number of nitrogens with two attached hydrogens (primary N) is 1. The molecule has 0 fully saturated rings. The van der Waals surface area contributed by atoms with Crippen LogP contribution in [0.5, 0.6) is 5.75 Å². The third-order valence-electron chi connectivity index (χ3n) is 2.25. The summed E-state index contributed by atoms with van der Waals surface area (Å²) >= 11 is 3.45. The molecule has 0 radical (unpaired) electrons. The third kappa shape index (κ3) is 1.65. The number of aryl methyl sites for hydroxylation is 1. The minimum Gasteiger partial charge on any atom is -0.496 e. The predicted molar refractivity (Wildman–Crippen MR) is 65.1 cm³/mol. The van der Waals surface area contributed by atoms with Crippen LogP contribution in [0.4, 0.5) is 5.69 Å². The van der Waals surface area contributed by atoms with Crippen LogP contribution in [0, 0.1) is 6.92 Å². The van der Waals surface area contributed by atoms with E-state index in [1.807, 2.05) is 25.1 Å². The van der Waals surface area contributed by atoms with Crippen LogP contribution in [0.25, 0.3) is 10.9 Å². The lowest BCUT2D eigenvalue weighted by atomic mass is 10.1. The second kappa shape index (κ2) is 3.70. The number of hydrogen-bond acceptors (Lipinski definition) is 3. The Morgan fingerprint density at radius 1 is 1.40 bits per heavy atom. The Bertz CT molecular complexity index is 525. The summed E-state index contributed by atoms with van der Waals surface area (Å²) in [4.78, 5) is 4.44. The van der Waals surface area contributed by atoms with E-state index in [1.54, 1.807) is 7.11 Å². The van der Waals surface area contributed by atoms with Gasteiger partial charge in [0.15, 0.2) is 0 Å². The second-order valence-corrected chi connectivity index (χ2v) is 4.18. The molecule has 2 rings (SSSR count). The number of nitrogen functional groups attached to an aromatic ring is 1. The largest absolute Gasteiger partial charge is 0.496 e. The van der Waals surface area contributed by atoms with Gasteiger partial charge in [0.05, 0.1) is 18.0 Å². The van der Waals surface area contributed by atoms with Gasteiger partial charge in [-0.2, -0.15) is 0 Å². The van der Waals surface area contributed by atoms with Gasteiger partial charge in [-0.25, -0.2) is 0 Å². The number of hydrogen-bond donors (Lipinski definition) is 1. The molecule has 0 spiro atoms. The highest BCUT2D eigenvalue weighted by molar-refractivity contribution is 9.10. The van der Waals surface area contributed by atoms with Crippen LogP contribution in [0.15, 0.2) is 22.7 Å². The maximum atomic E-state index is 5.96. The van der Waals surface area contributed by atoms with Gasteiger partial charge in [0.25, 0.3) is 0 Å². The first-order chi connectivity index (χ1) is 7.13. The van der Waals surface area contributed by atoms with Gasteiger partial charge in [-0.05, 0) is 41.1 Å². The smallest absolute Gasteiger partial charge is 0.130 e. The standard InChI is InChI=1S/C11H11BrN2O/c1-6-5-8(13)10-9(15-2)4-3-7(12)11(10)14-6/h3-5H,1-2H3,(H2,13,14). The van der Waals surface area contributed by atoms with Gasteiger partial charge >= 0.3 is 0 Å². The fourth-order valence-electron chi connectivity index (χ4n) is 1.61. The van der Waals surface area contributed by atoms with E-state index in [1.165, 1.54) is 0 Å². The van der Waals surface area contributed by atoms with Crippen molar-refractivity contribution in [2.75, 3.05) is 12.8 Å². The zero-order chi connectivity index (χ0) is 11.0. The molecule has 0 aliphatic carbocycles. The third-order valence-corrected chi connectivity index (χ3v) is 2.89. The molecule has 0 saturated carbocycles. The first kappa shape index (κ1) is 10.2. The van der Waals surface area contributed by atoms with E-state index < -0.39 is 0 Å². The van der Waals surface area contributed by atoms with Gasteiger partial charge in [0, 0.05) is 15.9 Å². The number of anilines is 1. The van der Waals surface area contributed by atoms with Crippen LogP contribution in [0.3, 0.4) is 0 Å². The molecule has 15 heavy (non-hydrogen) atoms. The van der Waals surface area contributed by atoms with E-state index in [2.05, 4.69) is 20.9 Å². The van der Waals surface area contributed by atoms with Gasteiger partial charge in [-0.15, -0.1) is 0 Å². The van der Waals surface area contributed by atoms with Crippen LogP contribution < -0.4 is 10.5 Å². The molecule has 2 N–H and O–H groups in total. The Kier molecular flexibility index (Phi) is 2.52. The first-order valence-corrected chi connectivity index (χ1v) is 5.32. The van der Waals surface area contributed by atoms with Crippen molar-refractivity contribution in [2.24, 2.45) is 0 Å². The summed E-state index contributed by atoms with van der Waals surface area (Å²) in [5.41, 5.74) is 8.39. The van der Waals surface area contributed by atoms with Gasteiger partial charge in [0.1, 0.15) is 5.75 Å². The molecule has 3 nitrogen and oxygen atoms in total. The Morgan fingerprint density at radius 2 is 2.13 bits per heavy atom. The summed E-state index contributed by atoms with van der Waals surface area (Å²) in [5, 5.41) is 0.859. The van der Waals surface area contributed by atoms with E-state index in [0.717, 1.165) is 26.8 Å². The Hall–Kier alpha value is -1.29. The quantitative estimate of drug-likeness (QED) is 0.864. The van der Waals surface area contributed by atoms with Crippen LogP contribution in [-0.2, 0) is 0 Å². The molecular weight excluding hydrogens is 256 g/mol. The number of ether oxygens (including phenoxy) is 1. The van der Waals surface area contributed by atoms with E-state index in [4.69, 9.17) is 10.5 Å². The summed E-state index contributed by atoms with van der Waals surface area (Å²) in [6.07, 6.45) is 0. The summed E-state index contributed by atoms with van der Waals surface area (Å²) in [7, 11) is 1.63. The second-order valence-electron chi connectivity index (χ2n) is 3.33. The van der Waals surface area contributed by atoms with Crippen LogP contribution in [0.1, 0.15) is 5.69 Å². The van der Waals surface area contributed by atoms with Crippen LogP contribution >= 0.6 is 15.9 Å². The van der Waals surface area contributed by atoms with Crippen molar-refractivity contribution in [1.82, 2.24) is 4.98 Å². The van der Waals surface area contributed by atoms with Crippen LogP contribution in [-0.4, -0.2) is 12.1 Å². The molecule has 78 valence electrons. The molecule has 0 saturated heterocycles. The predicted octanol–water partition coefficient (Wildman–Crippen LogP) is 2.90. The molecule has 0 atom stereocenters. The first-order valence-electron chi connectivity index (χ1n) is 4.53. The Labute approximate surface area is 96.4 Å². The van der Waals surface area contributed by atoms with Gasteiger partial charge in [0.2, 0.25) is 0 Å². The normalized spacial score (nSPS) is 10.6. The van der Waals surface area contributed by atoms with Gasteiger partial charge in [-0.3, -0.25) is 4.98 Å². The Balaban J connectivity index is 2.93. The molecule has 0 aliphatic rings. The van der Waals surface area contributed by atoms with Gasteiger partial charge < -0.3 is 10.5 Å². The van der Waals surface area contributed by atoms with E-state index in [0.29, 0.717) is 5.69 Å². The lowest BCUT2D eigenvalue weighted by Gasteiger charge is -2.09. The summed E-state index contributed by atoms with van der Waals surface area (Å²) in [6.45, 7) is 1.92. The topological polar surface area (TPSA) is 48.1 Å². The zero-order valence-electron chi connectivity index (χ0n) is 8.54. The molecular formula is C11H11BrN2O. The lowest BCUT2D eigenvalue weighted by Crippen LogP contribution is -1.95. The molecule has 0 amide bonds. The number of methoxy groups -OCH3 is 1.